The number of aromatic nitrogens is 2. The molecule has 3 aromatic rings. The van der Waals surface area contributed by atoms with Gasteiger partial charge in [-0.15, -0.1) is 10.2 Å². The summed E-state index contributed by atoms with van der Waals surface area (Å²) in [6.45, 7) is 2.38. The molecule has 3 rings (SSSR count). The Kier molecular flexibility index (Phi) is 6.47. The van der Waals surface area contributed by atoms with Crippen LogP contribution in [0.4, 0.5) is 17.2 Å². The van der Waals surface area contributed by atoms with Gasteiger partial charge in [-0.3, -0.25) is 4.79 Å². The highest BCUT2D eigenvalue weighted by atomic mass is 16.5. The lowest BCUT2D eigenvalue weighted by Gasteiger charge is -2.12. The van der Waals surface area contributed by atoms with Crippen LogP contribution in [0.25, 0.3) is 0 Å². The van der Waals surface area contributed by atoms with Gasteiger partial charge in [0.25, 0.3) is 5.91 Å². The number of carbonyl (C=O) groups is 1. The van der Waals surface area contributed by atoms with E-state index >= 15 is 0 Å². The van der Waals surface area contributed by atoms with Gasteiger partial charge in [0, 0.05) is 6.07 Å². The summed E-state index contributed by atoms with van der Waals surface area (Å²) in [5.41, 5.74) is 1.42. The van der Waals surface area contributed by atoms with Crippen molar-refractivity contribution in [1.82, 2.24) is 10.2 Å². The Balaban J connectivity index is 1.73. The number of anilines is 3. The average molecular weight is 394 g/mol. The summed E-state index contributed by atoms with van der Waals surface area (Å²) in [6.07, 6.45) is 0. The van der Waals surface area contributed by atoms with Crippen LogP contribution in [0.5, 0.6) is 17.2 Å². The average Bonchev–Trinajstić information content (AvgIpc) is 2.75. The first-order chi connectivity index (χ1) is 14.1. The zero-order valence-corrected chi connectivity index (χ0v) is 16.4. The largest absolute Gasteiger partial charge is 0.497 e. The Hall–Kier alpha value is -3.81. The lowest BCUT2D eigenvalue weighted by molar-refractivity contribution is 0.102. The van der Waals surface area contributed by atoms with Crippen molar-refractivity contribution >= 4 is 23.1 Å². The molecule has 8 nitrogen and oxygen atoms in total. The number of benzene rings is 2. The Bertz CT molecular complexity index is 977. The van der Waals surface area contributed by atoms with Gasteiger partial charge in [0.05, 0.1) is 32.2 Å². The lowest BCUT2D eigenvalue weighted by Crippen LogP contribution is -2.15. The van der Waals surface area contributed by atoms with E-state index in [4.69, 9.17) is 14.2 Å². The van der Waals surface area contributed by atoms with Gasteiger partial charge < -0.3 is 24.8 Å². The van der Waals surface area contributed by atoms with Crippen molar-refractivity contribution < 1.29 is 19.0 Å². The third-order valence-corrected chi connectivity index (χ3v) is 4.00. The van der Waals surface area contributed by atoms with Crippen LogP contribution < -0.4 is 24.8 Å². The van der Waals surface area contributed by atoms with Crippen molar-refractivity contribution in [1.29, 1.82) is 0 Å². The molecule has 0 atom stereocenters. The predicted octanol–water partition coefficient (Wildman–Crippen LogP) is 3.89. The van der Waals surface area contributed by atoms with Gasteiger partial charge in [-0.05, 0) is 43.3 Å². The van der Waals surface area contributed by atoms with Gasteiger partial charge in [-0.1, -0.05) is 12.1 Å². The topological polar surface area (TPSA) is 94.6 Å². The highest BCUT2D eigenvalue weighted by Crippen LogP contribution is 2.31. The van der Waals surface area contributed by atoms with Gasteiger partial charge >= 0.3 is 0 Å². The molecule has 150 valence electrons. The molecule has 0 saturated heterocycles. The molecule has 0 aliphatic carbocycles. The van der Waals surface area contributed by atoms with E-state index in [9.17, 15) is 4.79 Å². The van der Waals surface area contributed by atoms with Crippen LogP contribution in [0.2, 0.25) is 0 Å². The van der Waals surface area contributed by atoms with Crippen molar-refractivity contribution in [2.75, 3.05) is 31.5 Å². The second-order valence-corrected chi connectivity index (χ2v) is 5.88. The van der Waals surface area contributed by atoms with Crippen molar-refractivity contribution in [3.8, 4) is 17.2 Å². The molecule has 0 radical (unpaired) electrons. The van der Waals surface area contributed by atoms with E-state index in [1.54, 1.807) is 56.7 Å². The van der Waals surface area contributed by atoms with Crippen LogP contribution >= 0.6 is 0 Å². The van der Waals surface area contributed by atoms with E-state index in [0.717, 1.165) is 0 Å². The van der Waals surface area contributed by atoms with E-state index in [2.05, 4.69) is 20.8 Å². The van der Waals surface area contributed by atoms with E-state index in [0.29, 0.717) is 41.0 Å². The zero-order valence-electron chi connectivity index (χ0n) is 16.4. The number of carbonyl (C=O) groups excluding carboxylic acids is 1. The molecule has 29 heavy (non-hydrogen) atoms. The first-order valence-corrected chi connectivity index (χ1v) is 9.00. The molecule has 0 unspecified atom stereocenters. The van der Waals surface area contributed by atoms with E-state index in [1.165, 1.54) is 0 Å². The normalized spacial score (nSPS) is 10.2. The molecular formula is C21H22N4O4. The number of hydrogen-bond donors (Lipinski definition) is 2. The van der Waals surface area contributed by atoms with Gasteiger partial charge in [0.2, 0.25) is 0 Å². The fraction of sp³-hybridized carbons (Fsp3) is 0.190. The number of para-hydroxylation sites is 2. The number of hydrogen-bond acceptors (Lipinski definition) is 7. The highest BCUT2D eigenvalue weighted by molar-refractivity contribution is 6.03. The lowest BCUT2D eigenvalue weighted by atomic mass is 10.2. The Morgan fingerprint density at radius 2 is 1.76 bits per heavy atom. The van der Waals surface area contributed by atoms with Crippen molar-refractivity contribution in [2.24, 2.45) is 0 Å². The van der Waals surface area contributed by atoms with Gasteiger partial charge in [0.15, 0.2) is 11.5 Å². The molecule has 8 heteroatoms. The monoisotopic (exact) mass is 394 g/mol. The second kappa shape index (κ2) is 9.41. The van der Waals surface area contributed by atoms with Crippen molar-refractivity contribution in [2.45, 2.75) is 6.92 Å². The van der Waals surface area contributed by atoms with Gasteiger partial charge in [-0.2, -0.15) is 0 Å². The molecule has 0 aliphatic heterocycles. The Labute approximate surface area is 168 Å². The standard InChI is InChI=1S/C21H22N4O4/c1-4-29-19-8-6-5-7-15(19)23-21(26)16-10-12-20(25-24-16)22-17-13-14(27-2)9-11-18(17)28-3/h5-13H,4H2,1-3H3,(H,22,25)(H,23,26). The molecule has 1 aromatic heterocycles. The quantitative estimate of drug-likeness (QED) is 0.598. The third kappa shape index (κ3) is 4.92. The Morgan fingerprint density at radius 3 is 2.45 bits per heavy atom. The summed E-state index contributed by atoms with van der Waals surface area (Å²) >= 11 is 0. The molecule has 0 saturated carbocycles. The summed E-state index contributed by atoms with van der Waals surface area (Å²) in [4.78, 5) is 12.5. The smallest absolute Gasteiger partial charge is 0.276 e. The SMILES string of the molecule is CCOc1ccccc1NC(=O)c1ccc(Nc2cc(OC)ccc2OC)nn1. The Morgan fingerprint density at radius 1 is 0.931 bits per heavy atom. The molecule has 2 aromatic carbocycles. The molecule has 0 aliphatic rings. The molecule has 2 N–H and O–H groups in total. The molecule has 0 bridgehead atoms. The molecule has 0 spiro atoms. The molecule has 0 fully saturated rings. The van der Waals surface area contributed by atoms with Crippen LogP contribution in [0, 0.1) is 0 Å². The molecule has 1 heterocycles. The maximum Gasteiger partial charge on any atom is 0.276 e. The number of rotatable bonds is 8. The van der Waals surface area contributed by atoms with E-state index < -0.39 is 0 Å². The minimum absolute atomic E-state index is 0.180. The number of amides is 1. The zero-order chi connectivity index (χ0) is 20.6. The van der Waals surface area contributed by atoms with Crippen molar-refractivity contribution in [3.05, 3.63) is 60.3 Å². The summed E-state index contributed by atoms with van der Waals surface area (Å²) in [6, 6.07) is 15.8. The molecule has 1 amide bonds. The maximum absolute atomic E-state index is 12.5. The van der Waals surface area contributed by atoms with Crippen LogP contribution in [0.1, 0.15) is 17.4 Å². The highest BCUT2D eigenvalue weighted by Gasteiger charge is 2.12. The van der Waals surface area contributed by atoms with Crippen molar-refractivity contribution in [3.63, 3.8) is 0 Å². The minimum atomic E-state index is -0.379. The minimum Gasteiger partial charge on any atom is -0.497 e. The summed E-state index contributed by atoms with van der Waals surface area (Å²) in [5.74, 6) is 1.98. The number of nitrogens with zero attached hydrogens (tertiary/aromatic N) is 2. The first-order valence-electron chi connectivity index (χ1n) is 9.00. The van der Waals surface area contributed by atoms with Gasteiger partial charge in [-0.25, -0.2) is 0 Å². The first kappa shape index (κ1) is 19.9. The number of nitrogens with one attached hydrogen (secondary N) is 2. The van der Waals surface area contributed by atoms with Crippen LogP contribution in [0.15, 0.2) is 54.6 Å². The second-order valence-electron chi connectivity index (χ2n) is 5.88. The maximum atomic E-state index is 12.5. The number of ether oxygens (including phenoxy) is 3. The molecular weight excluding hydrogens is 372 g/mol. The fourth-order valence-corrected chi connectivity index (χ4v) is 2.61. The third-order valence-electron chi connectivity index (χ3n) is 4.00. The summed E-state index contributed by atoms with van der Waals surface area (Å²) in [7, 11) is 3.16. The fourth-order valence-electron chi connectivity index (χ4n) is 2.61. The van der Waals surface area contributed by atoms with Crippen LogP contribution in [-0.4, -0.2) is 36.9 Å². The van der Waals surface area contributed by atoms with Gasteiger partial charge in [0.1, 0.15) is 17.2 Å². The van der Waals surface area contributed by atoms with Crippen LogP contribution in [0.3, 0.4) is 0 Å². The summed E-state index contributed by atoms with van der Waals surface area (Å²) < 4.78 is 16.1. The van der Waals surface area contributed by atoms with E-state index in [1.807, 2.05) is 19.1 Å². The summed E-state index contributed by atoms with van der Waals surface area (Å²) in [5, 5.41) is 14.0. The van der Waals surface area contributed by atoms with Crippen LogP contribution in [-0.2, 0) is 0 Å². The predicted molar refractivity (Wildman–Crippen MR) is 110 cm³/mol. The van der Waals surface area contributed by atoms with E-state index in [-0.39, 0.29) is 11.6 Å². The number of methoxy groups -OCH3 is 2.